The Hall–Kier alpha value is -1.68. The number of hydrogen-bond donors (Lipinski definition) is 0. The highest BCUT2D eigenvalue weighted by molar-refractivity contribution is 5.92. The monoisotopic (exact) mass is 315 g/mol. The molecule has 0 spiro atoms. The fourth-order valence-corrected chi connectivity index (χ4v) is 3.19. The van der Waals surface area contributed by atoms with Crippen molar-refractivity contribution in [2.45, 2.75) is 45.6 Å². The number of pyridine rings is 1. The van der Waals surface area contributed by atoms with E-state index >= 15 is 0 Å². The largest absolute Gasteiger partial charge is 0.339 e. The zero-order valence-electron chi connectivity index (χ0n) is 14.7. The second-order valence-corrected chi connectivity index (χ2v) is 6.36. The fourth-order valence-electron chi connectivity index (χ4n) is 3.19. The van der Waals surface area contributed by atoms with Crippen LogP contribution in [0.3, 0.4) is 0 Å². The Morgan fingerprint density at radius 1 is 1.39 bits per heavy atom. The number of rotatable bonds is 6. The van der Waals surface area contributed by atoms with Crippen molar-refractivity contribution in [3.8, 4) is 0 Å². The molecule has 1 saturated heterocycles. The van der Waals surface area contributed by atoms with Crippen molar-refractivity contribution >= 4 is 5.91 Å². The van der Waals surface area contributed by atoms with Gasteiger partial charge in [-0.25, -0.2) is 0 Å². The Balaban J connectivity index is 1.77. The summed E-state index contributed by atoms with van der Waals surface area (Å²) in [6.45, 7) is 7.16. The Kier molecular flexibility index (Phi) is 6.78. The van der Waals surface area contributed by atoms with Crippen LogP contribution >= 0.6 is 0 Å². The Labute approximate surface area is 140 Å². The zero-order chi connectivity index (χ0) is 16.7. The maximum Gasteiger partial charge on any atom is 0.249 e. The molecular weight excluding hydrogens is 286 g/mol. The normalized spacial score (nSPS) is 17.3. The molecule has 0 bridgehead atoms. The lowest BCUT2D eigenvalue weighted by Gasteiger charge is -2.37. The quantitative estimate of drug-likeness (QED) is 0.757. The molecule has 126 valence electrons. The van der Waals surface area contributed by atoms with Crippen molar-refractivity contribution in [1.29, 1.82) is 0 Å². The summed E-state index contributed by atoms with van der Waals surface area (Å²) in [6.07, 6.45) is 7.90. The van der Waals surface area contributed by atoms with Gasteiger partial charge in [0.25, 0.3) is 0 Å². The average molecular weight is 315 g/mol. The van der Waals surface area contributed by atoms with Crippen molar-refractivity contribution in [3.63, 3.8) is 0 Å². The molecule has 0 aliphatic carbocycles. The molecule has 1 aromatic rings. The van der Waals surface area contributed by atoms with E-state index < -0.39 is 0 Å². The molecule has 4 heteroatoms. The number of carbonyl (C=O) groups excluding carboxylic acids is 1. The summed E-state index contributed by atoms with van der Waals surface area (Å²) < 4.78 is 0. The van der Waals surface area contributed by atoms with Gasteiger partial charge in [0.05, 0.1) is 0 Å². The number of likely N-dealkylation sites (tertiary alicyclic amines) is 1. The third-order valence-corrected chi connectivity index (χ3v) is 4.68. The number of allylic oxidation sites excluding steroid dienone is 1. The number of hydrogen-bond acceptors (Lipinski definition) is 3. The fraction of sp³-hybridized carbons (Fsp3) is 0.579. The minimum Gasteiger partial charge on any atom is -0.339 e. The highest BCUT2D eigenvalue weighted by Gasteiger charge is 2.25. The van der Waals surface area contributed by atoms with Gasteiger partial charge in [0.15, 0.2) is 0 Å². The van der Waals surface area contributed by atoms with Crippen LogP contribution in [0.25, 0.3) is 0 Å². The van der Waals surface area contributed by atoms with Gasteiger partial charge in [-0.15, -0.1) is 0 Å². The molecule has 0 N–H and O–H groups in total. The lowest BCUT2D eigenvalue weighted by Crippen LogP contribution is -2.46. The number of nitrogens with zero attached hydrogens (tertiary/aromatic N) is 3. The van der Waals surface area contributed by atoms with Crippen LogP contribution < -0.4 is 0 Å². The van der Waals surface area contributed by atoms with Crippen molar-refractivity contribution in [3.05, 3.63) is 41.7 Å². The number of aromatic nitrogens is 1. The molecule has 1 amide bonds. The van der Waals surface area contributed by atoms with E-state index in [0.717, 1.165) is 56.6 Å². The standard InChI is InChI=1S/C19H29N3O/c1-4-7-16(2)19(23)21(3)18-10-14-22(15-11-18)13-9-17-8-5-6-12-20-17/h5-8,12,18H,4,9-11,13-15H2,1-3H3. The van der Waals surface area contributed by atoms with E-state index in [1.54, 1.807) is 0 Å². The van der Waals surface area contributed by atoms with Crippen LogP contribution in [0, 0.1) is 0 Å². The van der Waals surface area contributed by atoms with Crippen LogP contribution in [0.4, 0.5) is 0 Å². The van der Waals surface area contributed by atoms with Gasteiger partial charge in [0.2, 0.25) is 5.91 Å². The molecule has 0 radical (unpaired) electrons. The first-order valence-corrected chi connectivity index (χ1v) is 8.68. The summed E-state index contributed by atoms with van der Waals surface area (Å²) in [5.74, 6) is 0.179. The third-order valence-electron chi connectivity index (χ3n) is 4.68. The van der Waals surface area contributed by atoms with Crippen LogP contribution in [-0.2, 0) is 11.2 Å². The predicted octanol–water partition coefficient (Wildman–Crippen LogP) is 2.90. The molecule has 2 rings (SSSR count). The van der Waals surface area contributed by atoms with E-state index in [0.29, 0.717) is 6.04 Å². The van der Waals surface area contributed by atoms with E-state index in [1.807, 2.05) is 43.3 Å². The van der Waals surface area contributed by atoms with Gasteiger partial charge in [-0.1, -0.05) is 19.1 Å². The Morgan fingerprint density at radius 3 is 2.74 bits per heavy atom. The second-order valence-electron chi connectivity index (χ2n) is 6.36. The van der Waals surface area contributed by atoms with Crippen LogP contribution in [0.15, 0.2) is 36.0 Å². The van der Waals surface area contributed by atoms with Gasteiger partial charge in [0, 0.05) is 56.6 Å². The number of carbonyl (C=O) groups is 1. The van der Waals surface area contributed by atoms with Crippen LogP contribution in [0.2, 0.25) is 0 Å². The van der Waals surface area contributed by atoms with Crippen LogP contribution in [0.5, 0.6) is 0 Å². The van der Waals surface area contributed by atoms with Gasteiger partial charge < -0.3 is 9.80 Å². The molecule has 0 aromatic carbocycles. The Bertz CT molecular complexity index is 519. The summed E-state index contributed by atoms with van der Waals surface area (Å²) >= 11 is 0. The average Bonchev–Trinajstić information content (AvgIpc) is 2.60. The molecule has 0 atom stereocenters. The van der Waals surface area contributed by atoms with E-state index in [1.165, 1.54) is 0 Å². The van der Waals surface area contributed by atoms with E-state index in [4.69, 9.17) is 0 Å². The molecule has 1 aliphatic rings. The molecule has 1 aliphatic heterocycles. The minimum atomic E-state index is 0.179. The second kappa shape index (κ2) is 8.82. The van der Waals surface area contributed by atoms with Gasteiger partial charge in [0.1, 0.15) is 0 Å². The van der Waals surface area contributed by atoms with Crippen molar-refractivity contribution in [2.75, 3.05) is 26.7 Å². The van der Waals surface area contributed by atoms with Gasteiger partial charge in [-0.3, -0.25) is 9.78 Å². The zero-order valence-corrected chi connectivity index (χ0v) is 14.7. The lowest BCUT2D eigenvalue weighted by molar-refractivity contribution is -0.128. The van der Waals surface area contributed by atoms with Gasteiger partial charge >= 0.3 is 0 Å². The maximum atomic E-state index is 12.4. The molecule has 0 saturated carbocycles. The summed E-state index contributed by atoms with van der Waals surface area (Å²) in [6, 6.07) is 6.45. The summed E-state index contributed by atoms with van der Waals surface area (Å²) in [7, 11) is 1.95. The van der Waals surface area contributed by atoms with Crippen molar-refractivity contribution in [1.82, 2.24) is 14.8 Å². The SMILES string of the molecule is CCC=C(C)C(=O)N(C)C1CCN(CCc2ccccn2)CC1. The number of amides is 1. The molecule has 2 heterocycles. The number of piperidine rings is 1. The van der Waals surface area contributed by atoms with E-state index in [2.05, 4.69) is 22.9 Å². The topological polar surface area (TPSA) is 36.4 Å². The molecule has 0 unspecified atom stereocenters. The summed E-state index contributed by atoms with van der Waals surface area (Å²) in [5, 5.41) is 0. The van der Waals surface area contributed by atoms with E-state index in [-0.39, 0.29) is 5.91 Å². The van der Waals surface area contributed by atoms with Crippen LogP contribution in [-0.4, -0.2) is 53.4 Å². The van der Waals surface area contributed by atoms with Gasteiger partial charge in [-0.2, -0.15) is 0 Å². The molecule has 4 nitrogen and oxygen atoms in total. The molecular formula is C19H29N3O. The highest BCUT2D eigenvalue weighted by Crippen LogP contribution is 2.17. The smallest absolute Gasteiger partial charge is 0.249 e. The van der Waals surface area contributed by atoms with Crippen molar-refractivity contribution in [2.24, 2.45) is 0 Å². The first kappa shape index (κ1) is 17.7. The predicted molar refractivity (Wildman–Crippen MR) is 94.2 cm³/mol. The van der Waals surface area contributed by atoms with Gasteiger partial charge in [-0.05, 0) is 38.3 Å². The van der Waals surface area contributed by atoms with E-state index in [9.17, 15) is 4.79 Å². The third kappa shape index (κ3) is 5.17. The minimum absolute atomic E-state index is 0.179. The summed E-state index contributed by atoms with van der Waals surface area (Å²) in [5.41, 5.74) is 2.02. The van der Waals surface area contributed by atoms with Crippen molar-refractivity contribution < 1.29 is 4.79 Å². The first-order chi connectivity index (χ1) is 11.1. The molecule has 1 aromatic heterocycles. The molecule has 1 fully saturated rings. The van der Waals surface area contributed by atoms with Crippen LogP contribution in [0.1, 0.15) is 38.8 Å². The molecule has 23 heavy (non-hydrogen) atoms. The maximum absolute atomic E-state index is 12.4. The highest BCUT2D eigenvalue weighted by atomic mass is 16.2. The lowest BCUT2D eigenvalue weighted by atomic mass is 10.0. The Morgan fingerprint density at radius 2 is 2.13 bits per heavy atom. The first-order valence-electron chi connectivity index (χ1n) is 8.68. The number of likely N-dealkylation sites (N-methyl/N-ethyl adjacent to an activating group) is 1. The summed E-state index contributed by atoms with van der Waals surface area (Å²) in [4.78, 5) is 21.2.